The van der Waals surface area contributed by atoms with Crippen LogP contribution in [0, 0.1) is 11.8 Å². The number of amides is 1. The number of anilines is 1. The highest BCUT2D eigenvalue weighted by molar-refractivity contribution is 6.30. The smallest absolute Gasteiger partial charge is 0.226 e. The summed E-state index contributed by atoms with van der Waals surface area (Å²) >= 11 is 5.85. The number of rotatable bonds is 4. The standard InChI is InChI=1S/C13H14ClNO3/c1-18-8-6-13(17)15-12-5-4-11(14)9-10(12)3-2-7-16/h4-5,9,16H,6-8H2,1H3,(H,15,17). The van der Waals surface area contributed by atoms with Gasteiger partial charge < -0.3 is 15.2 Å². The minimum Gasteiger partial charge on any atom is -0.384 e. The molecule has 1 aromatic rings. The third-order valence-electron chi connectivity index (χ3n) is 2.09. The highest BCUT2D eigenvalue weighted by Gasteiger charge is 2.06. The van der Waals surface area contributed by atoms with Crippen molar-refractivity contribution in [3.8, 4) is 11.8 Å². The van der Waals surface area contributed by atoms with Crippen LogP contribution in [-0.4, -0.2) is 31.3 Å². The third-order valence-corrected chi connectivity index (χ3v) is 2.33. The van der Waals surface area contributed by atoms with E-state index in [9.17, 15) is 4.79 Å². The van der Waals surface area contributed by atoms with Gasteiger partial charge in [0, 0.05) is 17.7 Å². The van der Waals surface area contributed by atoms with Crippen LogP contribution in [0.5, 0.6) is 0 Å². The summed E-state index contributed by atoms with van der Waals surface area (Å²) in [5.74, 6) is 5.09. The Morgan fingerprint density at radius 1 is 1.56 bits per heavy atom. The van der Waals surface area contributed by atoms with E-state index in [1.54, 1.807) is 18.2 Å². The van der Waals surface area contributed by atoms with Crippen molar-refractivity contribution in [2.45, 2.75) is 6.42 Å². The Kier molecular flexibility index (Phi) is 6.23. The fourth-order valence-electron chi connectivity index (χ4n) is 1.27. The molecule has 1 amide bonds. The fraction of sp³-hybridized carbons (Fsp3) is 0.308. The molecule has 0 unspecified atom stereocenters. The maximum atomic E-state index is 11.6. The zero-order valence-electron chi connectivity index (χ0n) is 10.00. The first-order valence-electron chi connectivity index (χ1n) is 5.35. The number of halogens is 1. The van der Waals surface area contributed by atoms with Gasteiger partial charge in [0.2, 0.25) is 5.91 Å². The maximum absolute atomic E-state index is 11.6. The van der Waals surface area contributed by atoms with Crippen LogP contribution in [0.15, 0.2) is 18.2 Å². The van der Waals surface area contributed by atoms with Gasteiger partial charge in [-0.05, 0) is 18.2 Å². The van der Waals surface area contributed by atoms with Crippen LogP contribution in [0.25, 0.3) is 0 Å². The third kappa shape index (κ3) is 4.76. The zero-order chi connectivity index (χ0) is 13.4. The molecule has 0 radical (unpaired) electrons. The molecular formula is C13H14ClNO3. The molecule has 0 saturated carbocycles. The largest absolute Gasteiger partial charge is 0.384 e. The molecule has 0 aromatic heterocycles. The van der Waals surface area contributed by atoms with Crippen molar-refractivity contribution in [3.05, 3.63) is 28.8 Å². The Bertz CT molecular complexity index is 477. The van der Waals surface area contributed by atoms with Crippen molar-refractivity contribution in [2.24, 2.45) is 0 Å². The average molecular weight is 268 g/mol. The van der Waals surface area contributed by atoms with Gasteiger partial charge in [-0.3, -0.25) is 4.79 Å². The molecule has 0 fully saturated rings. The van der Waals surface area contributed by atoms with Crippen molar-refractivity contribution in [1.82, 2.24) is 0 Å². The summed E-state index contributed by atoms with van der Waals surface area (Å²) in [5.41, 5.74) is 1.14. The van der Waals surface area contributed by atoms with Crippen LogP contribution in [-0.2, 0) is 9.53 Å². The lowest BCUT2D eigenvalue weighted by Crippen LogP contribution is -2.14. The van der Waals surface area contributed by atoms with Crippen molar-refractivity contribution in [1.29, 1.82) is 0 Å². The monoisotopic (exact) mass is 267 g/mol. The molecule has 0 spiro atoms. The van der Waals surface area contributed by atoms with Gasteiger partial charge in [-0.25, -0.2) is 0 Å². The van der Waals surface area contributed by atoms with Gasteiger partial charge in [0.25, 0.3) is 0 Å². The van der Waals surface area contributed by atoms with Gasteiger partial charge in [0.15, 0.2) is 0 Å². The van der Waals surface area contributed by atoms with E-state index < -0.39 is 0 Å². The van der Waals surface area contributed by atoms with Gasteiger partial charge in [0.1, 0.15) is 6.61 Å². The van der Waals surface area contributed by atoms with Crippen LogP contribution in [0.1, 0.15) is 12.0 Å². The van der Waals surface area contributed by atoms with E-state index in [0.29, 0.717) is 22.9 Å². The number of hydrogen-bond donors (Lipinski definition) is 2. The summed E-state index contributed by atoms with van der Waals surface area (Å²) in [4.78, 5) is 11.6. The normalized spacial score (nSPS) is 9.50. The van der Waals surface area contributed by atoms with Crippen LogP contribution in [0.3, 0.4) is 0 Å². The minimum atomic E-state index is -0.246. The van der Waals surface area contributed by atoms with E-state index >= 15 is 0 Å². The highest BCUT2D eigenvalue weighted by atomic mass is 35.5. The number of benzene rings is 1. The summed E-state index contributed by atoms with van der Waals surface area (Å²) in [7, 11) is 1.54. The van der Waals surface area contributed by atoms with Gasteiger partial charge in [0.05, 0.1) is 18.7 Å². The Labute approximate surface area is 111 Å². The van der Waals surface area contributed by atoms with Crippen molar-refractivity contribution < 1.29 is 14.6 Å². The SMILES string of the molecule is COCCC(=O)Nc1ccc(Cl)cc1C#CCO. The van der Waals surface area contributed by atoms with Gasteiger partial charge in [-0.2, -0.15) is 0 Å². The summed E-state index contributed by atoms with van der Waals surface area (Å²) in [6.45, 7) is 0.112. The second kappa shape index (κ2) is 7.72. The summed E-state index contributed by atoms with van der Waals surface area (Å²) in [5, 5.41) is 11.9. The topological polar surface area (TPSA) is 58.6 Å². The second-order valence-corrected chi connectivity index (χ2v) is 3.88. The maximum Gasteiger partial charge on any atom is 0.226 e. The van der Waals surface area contributed by atoms with Crippen LogP contribution in [0.4, 0.5) is 5.69 Å². The lowest BCUT2D eigenvalue weighted by molar-refractivity contribution is -0.117. The second-order valence-electron chi connectivity index (χ2n) is 3.44. The lowest BCUT2D eigenvalue weighted by atomic mass is 10.1. The van der Waals surface area contributed by atoms with Crippen LogP contribution in [0.2, 0.25) is 5.02 Å². The molecule has 0 atom stereocenters. The Balaban J connectivity index is 2.84. The van der Waals surface area contributed by atoms with E-state index in [0.717, 1.165) is 0 Å². The molecule has 0 bridgehead atoms. The van der Waals surface area contributed by atoms with Crippen molar-refractivity contribution >= 4 is 23.2 Å². The van der Waals surface area contributed by atoms with E-state index in [1.807, 2.05) is 0 Å². The Morgan fingerprint density at radius 3 is 3.00 bits per heavy atom. The van der Waals surface area contributed by atoms with E-state index in [1.165, 1.54) is 7.11 Å². The number of carbonyl (C=O) groups excluding carboxylic acids is 1. The molecule has 1 rings (SSSR count). The van der Waals surface area contributed by atoms with Gasteiger partial charge in [-0.15, -0.1) is 0 Å². The number of hydrogen-bond acceptors (Lipinski definition) is 3. The summed E-state index contributed by atoms with van der Waals surface area (Å²) in [6, 6.07) is 4.97. The first kappa shape index (κ1) is 14.5. The lowest BCUT2D eigenvalue weighted by Gasteiger charge is -2.07. The Hall–Kier alpha value is -1.54. The molecule has 4 nitrogen and oxygen atoms in total. The molecule has 0 saturated heterocycles. The van der Waals surface area contributed by atoms with E-state index in [-0.39, 0.29) is 18.9 Å². The minimum absolute atomic E-state index is 0.161. The number of ether oxygens (including phenoxy) is 1. The molecule has 18 heavy (non-hydrogen) atoms. The zero-order valence-corrected chi connectivity index (χ0v) is 10.8. The number of nitrogens with one attached hydrogen (secondary N) is 1. The first-order chi connectivity index (χ1) is 8.67. The quantitative estimate of drug-likeness (QED) is 0.816. The van der Waals surface area contributed by atoms with E-state index in [2.05, 4.69) is 17.2 Å². The van der Waals surface area contributed by atoms with Gasteiger partial charge >= 0.3 is 0 Å². The molecule has 5 heteroatoms. The van der Waals surface area contributed by atoms with Crippen LogP contribution < -0.4 is 5.32 Å². The predicted octanol–water partition coefficient (Wildman–Crippen LogP) is 1.66. The molecule has 96 valence electrons. The Morgan fingerprint density at radius 2 is 2.33 bits per heavy atom. The molecule has 1 aromatic carbocycles. The molecule has 0 aliphatic heterocycles. The van der Waals surface area contributed by atoms with Gasteiger partial charge in [-0.1, -0.05) is 23.4 Å². The highest BCUT2D eigenvalue weighted by Crippen LogP contribution is 2.20. The van der Waals surface area contributed by atoms with E-state index in [4.69, 9.17) is 21.4 Å². The number of aliphatic hydroxyl groups excluding tert-OH is 1. The molecule has 0 aliphatic rings. The molecule has 0 aliphatic carbocycles. The van der Waals surface area contributed by atoms with Crippen molar-refractivity contribution in [3.63, 3.8) is 0 Å². The first-order valence-corrected chi connectivity index (χ1v) is 5.73. The summed E-state index contributed by atoms with van der Waals surface area (Å²) < 4.78 is 4.82. The number of carbonyl (C=O) groups is 1. The summed E-state index contributed by atoms with van der Waals surface area (Å²) in [6.07, 6.45) is 0.270. The molecular weight excluding hydrogens is 254 g/mol. The molecule has 0 heterocycles. The van der Waals surface area contributed by atoms with Crippen molar-refractivity contribution in [2.75, 3.05) is 25.6 Å². The van der Waals surface area contributed by atoms with Crippen LogP contribution >= 0.6 is 11.6 Å². The number of methoxy groups -OCH3 is 1. The fourth-order valence-corrected chi connectivity index (χ4v) is 1.44. The number of aliphatic hydroxyl groups is 1. The molecule has 2 N–H and O–H groups in total. The average Bonchev–Trinajstić information content (AvgIpc) is 2.36. The predicted molar refractivity (Wildman–Crippen MR) is 70.5 cm³/mol.